The number of pyridine rings is 1. The van der Waals surface area contributed by atoms with E-state index in [1.54, 1.807) is 0 Å². The Morgan fingerprint density at radius 1 is 0.776 bits per heavy atom. The minimum Gasteiger partial charge on any atom is -0.512 e. The van der Waals surface area contributed by atoms with Gasteiger partial charge in [-0.3, -0.25) is 9.78 Å². The van der Waals surface area contributed by atoms with Gasteiger partial charge in [0, 0.05) is 49.9 Å². The van der Waals surface area contributed by atoms with Crippen molar-refractivity contribution < 1.29 is 30.0 Å². The third-order valence-corrected chi connectivity index (χ3v) is 9.94. The Balaban J connectivity index is 0.000000290. The van der Waals surface area contributed by atoms with Crippen molar-refractivity contribution in [2.45, 2.75) is 86.0 Å². The summed E-state index contributed by atoms with van der Waals surface area (Å²) in [5.74, 6) is 0.990. The van der Waals surface area contributed by atoms with Crippen molar-refractivity contribution in [3.05, 3.63) is 126 Å². The first-order valence-electron chi connectivity index (χ1n) is 17.8. The number of aliphatic hydroxyl groups is 1. The molecule has 5 aromatic rings. The molecule has 0 fully saturated rings. The zero-order chi connectivity index (χ0) is 34.2. The number of hydrogen-bond donors (Lipinski definition) is 1. The van der Waals surface area contributed by atoms with Gasteiger partial charge in [-0.1, -0.05) is 125 Å². The number of allylic oxidation sites excluding steroid dienone is 2. The minimum absolute atomic E-state index is 0. The molecule has 257 valence electrons. The molecule has 0 atom stereocenters. The third kappa shape index (κ3) is 8.85. The average Bonchev–Trinajstić information content (AvgIpc) is 3.12. The van der Waals surface area contributed by atoms with Crippen molar-refractivity contribution >= 4 is 16.6 Å². The van der Waals surface area contributed by atoms with E-state index in [1.165, 1.54) is 50.4 Å². The van der Waals surface area contributed by atoms with Gasteiger partial charge in [0.15, 0.2) is 5.78 Å². The summed E-state index contributed by atoms with van der Waals surface area (Å²) in [7, 11) is 0. The maximum Gasteiger partial charge on any atom is 0.162 e. The molecule has 0 amide bonds. The molecule has 4 aromatic carbocycles. The second kappa shape index (κ2) is 17.7. The number of aliphatic hydroxyl groups excluding tert-OH is 1. The fourth-order valence-electron chi connectivity index (χ4n) is 6.88. The molecule has 0 saturated heterocycles. The van der Waals surface area contributed by atoms with Gasteiger partial charge in [-0.05, 0) is 77.8 Å². The maximum absolute atomic E-state index is 11.7. The predicted molar refractivity (Wildman–Crippen MR) is 202 cm³/mol. The van der Waals surface area contributed by atoms with E-state index in [0.717, 1.165) is 55.2 Å². The zero-order valence-electron chi connectivity index (χ0n) is 29.8. The van der Waals surface area contributed by atoms with Crippen molar-refractivity contribution in [3.8, 4) is 33.5 Å². The first kappa shape index (κ1) is 38.0. The first-order valence-corrected chi connectivity index (χ1v) is 17.8. The molecule has 0 saturated carbocycles. The Morgan fingerprint density at radius 3 is 2.10 bits per heavy atom. The molecular formula is C45H50IrNO2-. The van der Waals surface area contributed by atoms with Gasteiger partial charge in [0.2, 0.25) is 0 Å². The van der Waals surface area contributed by atoms with Crippen LogP contribution in [0.3, 0.4) is 0 Å². The number of aromatic nitrogens is 1. The number of aryl methyl sites for hydroxylation is 2. The molecule has 4 heteroatoms. The second-order valence-corrected chi connectivity index (χ2v) is 13.3. The Kier molecular flexibility index (Phi) is 13.7. The largest absolute Gasteiger partial charge is 0.512 e. The third-order valence-electron chi connectivity index (χ3n) is 9.94. The molecule has 3 nitrogen and oxygen atoms in total. The predicted octanol–water partition coefficient (Wildman–Crippen LogP) is 12.1. The normalized spacial score (nSPS) is 12.3. The Hall–Kier alpha value is -3.85. The van der Waals surface area contributed by atoms with Crippen LogP contribution < -0.4 is 0 Å². The molecule has 1 aromatic heterocycles. The van der Waals surface area contributed by atoms with Crippen molar-refractivity contribution in [3.63, 3.8) is 0 Å². The second-order valence-electron chi connectivity index (χ2n) is 13.3. The number of benzene rings is 4. The van der Waals surface area contributed by atoms with Crippen LogP contribution >= 0.6 is 0 Å². The van der Waals surface area contributed by atoms with E-state index in [2.05, 4.69) is 111 Å². The van der Waals surface area contributed by atoms with E-state index in [-0.39, 0.29) is 43.5 Å². The van der Waals surface area contributed by atoms with Gasteiger partial charge in [-0.25, -0.2) is 0 Å². The van der Waals surface area contributed by atoms with Gasteiger partial charge in [-0.15, -0.1) is 29.1 Å². The molecule has 6 rings (SSSR count). The first-order chi connectivity index (χ1) is 23.3. The summed E-state index contributed by atoms with van der Waals surface area (Å²) in [4.78, 5) is 16.6. The smallest absolute Gasteiger partial charge is 0.162 e. The number of rotatable bonds is 10. The summed E-state index contributed by atoms with van der Waals surface area (Å²) in [6.07, 6.45) is 9.08. The fraction of sp³-hybridized carbons (Fsp3) is 0.333. The van der Waals surface area contributed by atoms with E-state index in [4.69, 9.17) is 4.98 Å². The standard InChI is InChI=1S/C32H26N.C13H24O2.Ir/c1-21(2)30-18-27(17-24-10-6-7-11-28(24)30)32-19-31-26(20-33-32)13-12-25-16-23(14-15-29(25)31)22-8-4-3-5-9-22;1-5-10(6-2)12(14)9-13(15)11(7-3)8-4;/h3-11,14-16,18-21H,12-13H2,1-2H3;9-11,14H,5-8H2,1-4H3;/q-1;;/b;12-9-;. The Labute approximate surface area is 307 Å². The van der Waals surface area contributed by atoms with Crippen molar-refractivity contribution in [2.24, 2.45) is 11.8 Å². The van der Waals surface area contributed by atoms with Gasteiger partial charge in [0.05, 0.1) is 5.76 Å². The van der Waals surface area contributed by atoms with Crippen LogP contribution in [0.25, 0.3) is 44.3 Å². The molecule has 0 spiro atoms. The van der Waals surface area contributed by atoms with Gasteiger partial charge in [0.1, 0.15) is 0 Å². The van der Waals surface area contributed by atoms with E-state index in [1.807, 2.05) is 27.7 Å². The molecule has 1 aliphatic rings. The molecule has 49 heavy (non-hydrogen) atoms. The zero-order valence-corrected chi connectivity index (χ0v) is 32.2. The Morgan fingerprint density at radius 2 is 1.43 bits per heavy atom. The van der Waals surface area contributed by atoms with Crippen molar-refractivity contribution in [2.75, 3.05) is 0 Å². The molecule has 1 aliphatic carbocycles. The quantitative estimate of drug-likeness (QED) is 0.0867. The molecule has 1 heterocycles. The van der Waals surface area contributed by atoms with Crippen LogP contribution in [0, 0.1) is 17.9 Å². The van der Waals surface area contributed by atoms with Crippen LogP contribution in [0.15, 0.2) is 103 Å². The van der Waals surface area contributed by atoms with Gasteiger partial charge in [0.25, 0.3) is 0 Å². The summed E-state index contributed by atoms with van der Waals surface area (Å²) >= 11 is 0. The summed E-state index contributed by atoms with van der Waals surface area (Å²) in [5.41, 5.74) is 11.4. The Bertz CT molecular complexity index is 1880. The van der Waals surface area contributed by atoms with E-state index >= 15 is 0 Å². The molecule has 1 radical (unpaired) electrons. The van der Waals surface area contributed by atoms with E-state index < -0.39 is 0 Å². The maximum atomic E-state index is 11.7. The van der Waals surface area contributed by atoms with Crippen molar-refractivity contribution in [1.82, 2.24) is 4.98 Å². The number of hydrogen-bond acceptors (Lipinski definition) is 3. The SMILES string of the molecule is CC(C)c1cc(-c2cc3c(cn2)CCc2cc(-c4ccccc4)ccc2-3)[c-]c2ccccc12.CCC(CC)C(=O)/C=C(\O)C(CC)CC.[Ir]. The van der Waals surface area contributed by atoms with Crippen LogP contribution in [-0.4, -0.2) is 15.9 Å². The number of carbonyl (C=O) groups is 1. The minimum atomic E-state index is 0. The van der Waals surface area contributed by atoms with Gasteiger partial charge < -0.3 is 5.11 Å². The van der Waals surface area contributed by atoms with Gasteiger partial charge >= 0.3 is 0 Å². The summed E-state index contributed by atoms with van der Waals surface area (Å²) in [6, 6.07) is 34.3. The van der Waals surface area contributed by atoms with Crippen LogP contribution in [0.2, 0.25) is 0 Å². The van der Waals surface area contributed by atoms with E-state index in [0.29, 0.717) is 5.92 Å². The number of ketones is 1. The van der Waals surface area contributed by atoms with Crippen molar-refractivity contribution in [1.29, 1.82) is 0 Å². The van der Waals surface area contributed by atoms with Crippen LogP contribution in [0.1, 0.15) is 89.8 Å². The summed E-state index contributed by atoms with van der Waals surface area (Å²) < 4.78 is 0. The number of carbonyl (C=O) groups excluding carboxylic acids is 1. The molecule has 0 aliphatic heterocycles. The molecule has 0 unspecified atom stereocenters. The van der Waals surface area contributed by atoms with Crippen LogP contribution in [0.4, 0.5) is 0 Å². The van der Waals surface area contributed by atoms with Gasteiger partial charge in [-0.2, -0.15) is 0 Å². The molecular weight excluding hydrogens is 779 g/mol. The average molecular weight is 829 g/mol. The monoisotopic (exact) mass is 829 g/mol. The summed E-state index contributed by atoms with van der Waals surface area (Å²) in [5, 5.41) is 12.2. The molecule has 1 N–H and O–H groups in total. The number of fused-ring (bicyclic) bond motifs is 4. The van der Waals surface area contributed by atoms with E-state index in [9.17, 15) is 9.90 Å². The molecule has 0 bridgehead atoms. The van der Waals surface area contributed by atoms with Crippen LogP contribution in [-0.2, 0) is 37.7 Å². The van der Waals surface area contributed by atoms with Crippen LogP contribution in [0.5, 0.6) is 0 Å². The topological polar surface area (TPSA) is 50.2 Å². The summed E-state index contributed by atoms with van der Waals surface area (Å²) in [6.45, 7) is 12.6. The fourth-order valence-corrected chi connectivity index (χ4v) is 6.88. The number of nitrogens with zero attached hydrogens (tertiary/aromatic N) is 1.